The molecule has 3 N–H and O–H groups in total. The predicted molar refractivity (Wildman–Crippen MR) is 72.9 cm³/mol. The second-order valence-corrected chi connectivity index (χ2v) is 5.20. The van der Waals surface area contributed by atoms with Crippen molar-refractivity contribution in [1.29, 1.82) is 0 Å². The van der Waals surface area contributed by atoms with Gasteiger partial charge in [-0.15, -0.1) is 0 Å². The van der Waals surface area contributed by atoms with Crippen molar-refractivity contribution in [2.45, 2.75) is 52.1 Å². The van der Waals surface area contributed by atoms with Gasteiger partial charge in [0.1, 0.15) is 6.61 Å². The number of carbonyl (C=O) groups is 1. The summed E-state index contributed by atoms with van der Waals surface area (Å²) < 4.78 is 5.71. The molecule has 0 aromatic heterocycles. The van der Waals surface area contributed by atoms with Crippen LogP contribution in [0.3, 0.4) is 0 Å². The first-order valence-corrected chi connectivity index (χ1v) is 6.86. The van der Waals surface area contributed by atoms with Gasteiger partial charge in [0.2, 0.25) is 0 Å². The van der Waals surface area contributed by atoms with E-state index < -0.39 is 0 Å². The summed E-state index contributed by atoms with van der Waals surface area (Å²) >= 11 is 0. The highest BCUT2D eigenvalue weighted by Crippen LogP contribution is 2.21. The standard InChI is InChI=1S/C14H26N2O2/c1-10(2)12(17)9-18-13-8-6-4-5-7-11(16-3)14(13)15/h10,13,16H,4-9,15H2,1-3H3/b14-11-. The number of ketones is 1. The molecule has 0 aliphatic heterocycles. The molecule has 0 saturated carbocycles. The van der Waals surface area contributed by atoms with Crippen LogP contribution in [0.15, 0.2) is 11.4 Å². The monoisotopic (exact) mass is 254 g/mol. The summed E-state index contributed by atoms with van der Waals surface area (Å²) in [6.07, 6.45) is 5.22. The van der Waals surface area contributed by atoms with E-state index in [1.54, 1.807) is 0 Å². The van der Waals surface area contributed by atoms with Gasteiger partial charge in [-0.1, -0.05) is 26.7 Å². The highest BCUT2D eigenvalue weighted by Gasteiger charge is 2.20. The first-order chi connectivity index (χ1) is 8.56. The number of ether oxygens (including phenoxy) is 1. The van der Waals surface area contributed by atoms with Crippen molar-refractivity contribution in [2.75, 3.05) is 13.7 Å². The summed E-state index contributed by atoms with van der Waals surface area (Å²) in [6, 6.07) is 0. The van der Waals surface area contributed by atoms with Crippen LogP contribution in [-0.2, 0) is 9.53 Å². The Balaban J connectivity index is 2.64. The SMILES string of the molecule is CN/C1=C(\N)C(OCC(=O)C(C)C)CCCCC1. The van der Waals surface area contributed by atoms with E-state index in [9.17, 15) is 4.79 Å². The van der Waals surface area contributed by atoms with Gasteiger partial charge in [-0.25, -0.2) is 0 Å². The number of hydrogen-bond donors (Lipinski definition) is 2. The summed E-state index contributed by atoms with van der Waals surface area (Å²) in [4.78, 5) is 11.6. The average molecular weight is 254 g/mol. The van der Waals surface area contributed by atoms with Gasteiger partial charge in [0.15, 0.2) is 5.78 Å². The maximum absolute atomic E-state index is 11.6. The number of rotatable bonds is 5. The number of nitrogens with two attached hydrogens (primary N) is 1. The van der Waals surface area contributed by atoms with Crippen LogP contribution in [0.5, 0.6) is 0 Å². The third-order valence-electron chi connectivity index (χ3n) is 3.46. The molecule has 1 aliphatic carbocycles. The molecule has 1 unspecified atom stereocenters. The first kappa shape index (κ1) is 15.0. The normalized spacial score (nSPS) is 25.7. The lowest BCUT2D eigenvalue weighted by atomic mass is 9.99. The molecule has 0 heterocycles. The van der Waals surface area contributed by atoms with Crippen molar-refractivity contribution in [1.82, 2.24) is 5.32 Å². The highest BCUT2D eigenvalue weighted by molar-refractivity contribution is 5.81. The van der Waals surface area contributed by atoms with E-state index in [-0.39, 0.29) is 24.4 Å². The summed E-state index contributed by atoms with van der Waals surface area (Å²) in [7, 11) is 1.89. The number of hydrogen-bond acceptors (Lipinski definition) is 4. The van der Waals surface area contributed by atoms with E-state index >= 15 is 0 Å². The van der Waals surface area contributed by atoms with Crippen LogP contribution >= 0.6 is 0 Å². The molecule has 4 heteroatoms. The Morgan fingerprint density at radius 1 is 1.44 bits per heavy atom. The Morgan fingerprint density at radius 2 is 2.17 bits per heavy atom. The minimum Gasteiger partial charge on any atom is -0.399 e. The Labute approximate surface area is 110 Å². The Morgan fingerprint density at radius 3 is 2.78 bits per heavy atom. The number of carbonyl (C=O) groups excluding carboxylic acids is 1. The minimum atomic E-state index is -0.115. The molecule has 1 rings (SSSR count). The van der Waals surface area contributed by atoms with Gasteiger partial charge in [0.05, 0.1) is 11.8 Å². The lowest BCUT2D eigenvalue weighted by Gasteiger charge is -2.24. The smallest absolute Gasteiger partial charge is 0.161 e. The maximum atomic E-state index is 11.6. The molecule has 0 aromatic carbocycles. The summed E-state index contributed by atoms with van der Waals surface area (Å²) in [5.41, 5.74) is 7.98. The second kappa shape index (κ2) is 7.41. The fourth-order valence-corrected chi connectivity index (χ4v) is 2.09. The van der Waals surface area contributed by atoms with Gasteiger partial charge in [-0.2, -0.15) is 0 Å². The molecule has 0 saturated heterocycles. The third-order valence-corrected chi connectivity index (χ3v) is 3.46. The summed E-state index contributed by atoms with van der Waals surface area (Å²) in [5.74, 6) is 0.156. The maximum Gasteiger partial charge on any atom is 0.161 e. The fourth-order valence-electron chi connectivity index (χ4n) is 2.09. The Hall–Kier alpha value is -1.03. The average Bonchev–Trinajstić information content (AvgIpc) is 2.33. The lowest BCUT2D eigenvalue weighted by molar-refractivity contribution is -0.128. The highest BCUT2D eigenvalue weighted by atomic mass is 16.5. The van der Waals surface area contributed by atoms with Gasteiger partial charge in [-0.3, -0.25) is 4.79 Å². The second-order valence-electron chi connectivity index (χ2n) is 5.20. The summed E-state index contributed by atoms with van der Waals surface area (Å²) in [6.45, 7) is 3.95. The van der Waals surface area contributed by atoms with Crippen LogP contribution in [-0.4, -0.2) is 25.5 Å². The molecule has 0 radical (unpaired) electrons. The van der Waals surface area contributed by atoms with Crippen molar-refractivity contribution in [3.8, 4) is 0 Å². The third kappa shape index (κ3) is 4.33. The zero-order valence-corrected chi connectivity index (χ0v) is 11.8. The van der Waals surface area contributed by atoms with E-state index in [0.717, 1.165) is 37.1 Å². The molecule has 0 aromatic rings. The molecular formula is C14H26N2O2. The topological polar surface area (TPSA) is 64.3 Å². The van der Waals surface area contributed by atoms with E-state index in [1.165, 1.54) is 6.42 Å². The number of allylic oxidation sites excluding steroid dienone is 1. The van der Waals surface area contributed by atoms with Crippen LogP contribution in [0, 0.1) is 5.92 Å². The van der Waals surface area contributed by atoms with Crippen LogP contribution in [0.2, 0.25) is 0 Å². The van der Waals surface area contributed by atoms with Gasteiger partial charge in [0.25, 0.3) is 0 Å². The van der Waals surface area contributed by atoms with Crippen LogP contribution < -0.4 is 11.1 Å². The molecule has 104 valence electrons. The van der Waals surface area contributed by atoms with Gasteiger partial charge in [0, 0.05) is 18.7 Å². The van der Waals surface area contributed by atoms with E-state index in [0.29, 0.717) is 0 Å². The van der Waals surface area contributed by atoms with Crippen molar-refractivity contribution in [3.05, 3.63) is 11.4 Å². The first-order valence-electron chi connectivity index (χ1n) is 6.86. The fraction of sp³-hybridized carbons (Fsp3) is 0.786. The largest absolute Gasteiger partial charge is 0.399 e. The van der Waals surface area contributed by atoms with Crippen LogP contribution in [0.1, 0.15) is 46.0 Å². The Kier molecular flexibility index (Phi) is 6.19. The van der Waals surface area contributed by atoms with Crippen molar-refractivity contribution in [3.63, 3.8) is 0 Å². The van der Waals surface area contributed by atoms with E-state index in [4.69, 9.17) is 10.5 Å². The molecule has 4 nitrogen and oxygen atoms in total. The van der Waals surface area contributed by atoms with Crippen molar-refractivity contribution >= 4 is 5.78 Å². The molecular weight excluding hydrogens is 228 g/mol. The number of nitrogens with one attached hydrogen (secondary N) is 1. The Bertz CT molecular complexity index is 311. The van der Waals surface area contributed by atoms with Gasteiger partial charge in [-0.05, 0) is 19.3 Å². The van der Waals surface area contributed by atoms with E-state index in [2.05, 4.69) is 5.32 Å². The van der Waals surface area contributed by atoms with Gasteiger partial charge >= 0.3 is 0 Å². The quantitative estimate of drug-likeness (QED) is 0.787. The van der Waals surface area contributed by atoms with Crippen molar-refractivity contribution in [2.24, 2.45) is 11.7 Å². The zero-order valence-electron chi connectivity index (χ0n) is 11.8. The molecule has 0 spiro atoms. The summed E-state index contributed by atoms with van der Waals surface area (Å²) in [5, 5.41) is 3.15. The number of Topliss-reactive ketones (excluding diaryl/α,β-unsaturated/α-hetero) is 1. The lowest BCUT2D eigenvalue weighted by Crippen LogP contribution is -2.30. The van der Waals surface area contributed by atoms with Crippen molar-refractivity contribution < 1.29 is 9.53 Å². The molecule has 18 heavy (non-hydrogen) atoms. The minimum absolute atomic E-state index is 0.0209. The van der Waals surface area contributed by atoms with Crippen LogP contribution in [0.4, 0.5) is 0 Å². The molecule has 0 fully saturated rings. The molecule has 1 aliphatic rings. The molecule has 1 atom stereocenters. The predicted octanol–water partition coefficient (Wildman–Crippen LogP) is 1.95. The zero-order chi connectivity index (χ0) is 13.5. The molecule has 0 bridgehead atoms. The van der Waals surface area contributed by atoms with E-state index in [1.807, 2.05) is 20.9 Å². The van der Waals surface area contributed by atoms with Gasteiger partial charge < -0.3 is 15.8 Å². The molecule has 0 amide bonds. The van der Waals surface area contributed by atoms with Crippen LogP contribution in [0.25, 0.3) is 0 Å².